The molecule has 2 heterocycles. The summed E-state index contributed by atoms with van der Waals surface area (Å²) in [6, 6.07) is 7.63. The van der Waals surface area contributed by atoms with Gasteiger partial charge in [0.25, 0.3) is 0 Å². The first kappa shape index (κ1) is 11.2. The number of nitrogens with zero attached hydrogens (tertiary/aromatic N) is 3. The molecular weight excluding hydrogens is 214 g/mol. The lowest BCUT2D eigenvalue weighted by atomic mass is 10.2. The van der Waals surface area contributed by atoms with Gasteiger partial charge in [-0.2, -0.15) is 5.26 Å². The minimum absolute atomic E-state index is 0.595. The zero-order chi connectivity index (χ0) is 12.1. The zero-order valence-electron chi connectivity index (χ0n) is 9.63. The molecule has 0 saturated carbocycles. The molecule has 2 aromatic heterocycles. The fraction of sp³-hybridized carbons (Fsp3) is 0.231. The standard InChI is InChI=1S/C13H13N3O/c1-2-16(9-11-5-7-17-10-11)13-12(8-14)4-3-6-15-13/h3-7,10H,2,9H2,1H3. The van der Waals surface area contributed by atoms with Gasteiger partial charge in [-0.05, 0) is 25.1 Å². The first-order valence-electron chi connectivity index (χ1n) is 5.46. The fourth-order valence-corrected chi connectivity index (χ4v) is 1.68. The number of nitriles is 1. The predicted molar refractivity (Wildman–Crippen MR) is 64.4 cm³/mol. The first-order valence-corrected chi connectivity index (χ1v) is 5.46. The Kier molecular flexibility index (Phi) is 3.41. The molecule has 0 aliphatic rings. The molecule has 4 heteroatoms. The molecule has 2 aromatic rings. The van der Waals surface area contributed by atoms with E-state index in [0.29, 0.717) is 12.1 Å². The Labute approximate surface area is 100 Å². The van der Waals surface area contributed by atoms with Crippen LogP contribution in [-0.4, -0.2) is 11.5 Å². The van der Waals surface area contributed by atoms with Crippen LogP contribution in [0.3, 0.4) is 0 Å². The second-order valence-electron chi connectivity index (χ2n) is 3.63. The summed E-state index contributed by atoms with van der Waals surface area (Å²) >= 11 is 0. The number of aromatic nitrogens is 1. The van der Waals surface area contributed by atoms with E-state index in [9.17, 15) is 0 Å². The summed E-state index contributed by atoms with van der Waals surface area (Å²) in [5, 5.41) is 9.05. The zero-order valence-corrected chi connectivity index (χ0v) is 9.63. The van der Waals surface area contributed by atoms with Gasteiger partial charge in [0, 0.05) is 24.8 Å². The summed E-state index contributed by atoms with van der Waals surface area (Å²) in [6.45, 7) is 3.52. The van der Waals surface area contributed by atoms with Gasteiger partial charge in [-0.3, -0.25) is 0 Å². The molecule has 0 atom stereocenters. The van der Waals surface area contributed by atoms with E-state index >= 15 is 0 Å². The Bertz CT molecular complexity index is 514. The highest BCUT2D eigenvalue weighted by atomic mass is 16.3. The quantitative estimate of drug-likeness (QED) is 0.805. The summed E-state index contributed by atoms with van der Waals surface area (Å²) in [7, 11) is 0. The van der Waals surface area contributed by atoms with Gasteiger partial charge in [0.1, 0.15) is 11.9 Å². The second kappa shape index (κ2) is 5.17. The van der Waals surface area contributed by atoms with Crippen LogP contribution < -0.4 is 4.90 Å². The molecule has 0 bridgehead atoms. The van der Waals surface area contributed by atoms with Crippen molar-refractivity contribution in [1.29, 1.82) is 5.26 Å². The molecule has 0 aliphatic heterocycles. The first-order chi connectivity index (χ1) is 8.35. The lowest BCUT2D eigenvalue weighted by molar-refractivity contribution is 0.563. The number of rotatable bonds is 4. The third-order valence-electron chi connectivity index (χ3n) is 2.54. The van der Waals surface area contributed by atoms with E-state index < -0.39 is 0 Å². The third kappa shape index (κ3) is 2.45. The van der Waals surface area contributed by atoms with E-state index in [1.54, 1.807) is 30.9 Å². The molecule has 0 aromatic carbocycles. The van der Waals surface area contributed by atoms with Crippen molar-refractivity contribution in [1.82, 2.24) is 4.98 Å². The Balaban J connectivity index is 2.26. The molecular formula is C13H13N3O. The highest BCUT2D eigenvalue weighted by Crippen LogP contribution is 2.18. The SMILES string of the molecule is CCN(Cc1ccoc1)c1ncccc1C#N. The van der Waals surface area contributed by atoms with Gasteiger partial charge < -0.3 is 9.32 Å². The summed E-state index contributed by atoms with van der Waals surface area (Å²) < 4.78 is 5.04. The lowest BCUT2D eigenvalue weighted by Gasteiger charge is -2.21. The number of pyridine rings is 1. The molecule has 0 saturated heterocycles. The Morgan fingerprint density at radius 3 is 3.00 bits per heavy atom. The molecule has 86 valence electrons. The van der Waals surface area contributed by atoms with E-state index in [4.69, 9.17) is 9.68 Å². The van der Waals surface area contributed by atoms with E-state index in [1.807, 2.05) is 17.9 Å². The van der Waals surface area contributed by atoms with Crippen molar-refractivity contribution in [2.45, 2.75) is 13.5 Å². The smallest absolute Gasteiger partial charge is 0.146 e. The van der Waals surface area contributed by atoms with Crippen molar-refractivity contribution in [3.8, 4) is 6.07 Å². The Hall–Kier alpha value is -2.28. The van der Waals surface area contributed by atoms with Crippen LogP contribution in [0.5, 0.6) is 0 Å². The van der Waals surface area contributed by atoms with Crippen LogP contribution in [0, 0.1) is 11.3 Å². The van der Waals surface area contributed by atoms with Crippen molar-refractivity contribution >= 4 is 5.82 Å². The van der Waals surface area contributed by atoms with Crippen molar-refractivity contribution in [2.24, 2.45) is 0 Å². The van der Waals surface area contributed by atoms with Crippen LogP contribution >= 0.6 is 0 Å². The maximum absolute atomic E-state index is 9.05. The molecule has 0 spiro atoms. The summed E-state index contributed by atoms with van der Waals surface area (Å²) in [5.74, 6) is 0.721. The van der Waals surface area contributed by atoms with Crippen LogP contribution in [-0.2, 0) is 6.54 Å². The predicted octanol–water partition coefficient (Wildman–Crippen LogP) is 2.57. The van der Waals surface area contributed by atoms with Gasteiger partial charge >= 0.3 is 0 Å². The third-order valence-corrected chi connectivity index (χ3v) is 2.54. The van der Waals surface area contributed by atoms with Crippen LogP contribution in [0.1, 0.15) is 18.1 Å². The van der Waals surface area contributed by atoms with Crippen LogP contribution in [0.2, 0.25) is 0 Å². The fourth-order valence-electron chi connectivity index (χ4n) is 1.68. The highest BCUT2D eigenvalue weighted by molar-refractivity contribution is 5.53. The van der Waals surface area contributed by atoms with Gasteiger partial charge in [-0.1, -0.05) is 0 Å². The summed E-state index contributed by atoms with van der Waals surface area (Å²) in [5.41, 5.74) is 1.67. The van der Waals surface area contributed by atoms with Gasteiger partial charge in [-0.25, -0.2) is 4.98 Å². The average molecular weight is 227 g/mol. The maximum atomic E-state index is 9.05. The molecule has 4 nitrogen and oxygen atoms in total. The number of hydrogen-bond donors (Lipinski definition) is 0. The van der Waals surface area contributed by atoms with Gasteiger partial charge in [0.15, 0.2) is 0 Å². The molecule has 0 unspecified atom stereocenters. The maximum Gasteiger partial charge on any atom is 0.146 e. The minimum atomic E-state index is 0.595. The average Bonchev–Trinajstić information content (AvgIpc) is 2.89. The Morgan fingerprint density at radius 1 is 1.47 bits per heavy atom. The highest BCUT2D eigenvalue weighted by Gasteiger charge is 2.11. The number of hydrogen-bond acceptors (Lipinski definition) is 4. The van der Waals surface area contributed by atoms with E-state index in [-0.39, 0.29) is 0 Å². The molecule has 2 rings (SSSR count). The minimum Gasteiger partial charge on any atom is -0.472 e. The van der Waals surface area contributed by atoms with Gasteiger partial charge in [-0.15, -0.1) is 0 Å². The molecule has 17 heavy (non-hydrogen) atoms. The van der Waals surface area contributed by atoms with Gasteiger partial charge in [0.2, 0.25) is 0 Å². The molecule has 0 fully saturated rings. The van der Waals surface area contributed by atoms with E-state index in [2.05, 4.69) is 11.1 Å². The molecule has 0 aliphatic carbocycles. The topological polar surface area (TPSA) is 53.1 Å². The summed E-state index contributed by atoms with van der Waals surface area (Å²) in [6.07, 6.45) is 5.05. The van der Waals surface area contributed by atoms with Crippen molar-refractivity contribution in [3.63, 3.8) is 0 Å². The van der Waals surface area contributed by atoms with Gasteiger partial charge in [0.05, 0.1) is 18.1 Å². The largest absolute Gasteiger partial charge is 0.472 e. The monoisotopic (exact) mass is 227 g/mol. The van der Waals surface area contributed by atoms with Crippen LogP contribution in [0.4, 0.5) is 5.82 Å². The van der Waals surface area contributed by atoms with Crippen LogP contribution in [0.25, 0.3) is 0 Å². The Morgan fingerprint density at radius 2 is 2.35 bits per heavy atom. The summed E-state index contributed by atoms with van der Waals surface area (Å²) in [4.78, 5) is 6.32. The number of anilines is 1. The van der Waals surface area contributed by atoms with Crippen LogP contribution in [0.15, 0.2) is 41.3 Å². The van der Waals surface area contributed by atoms with Crippen molar-refractivity contribution in [2.75, 3.05) is 11.4 Å². The molecule has 0 amide bonds. The molecule has 0 N–H and O–H groups in total. The van der Waals surface area contributed by atoms with Crippen molar-refractivity contribution < 1.29 is 4.42 Å². The van der Waals surface area contributed by atoms with E-state index in [0.717, 1.165) is 17.9 Å². The normalized spacial score (nSPS) is 9.88. The number of furan rings is 1. The van der Waals surface area contributed by atoms with E-state index in [1.165, 1.54) is 0 Å². The molecule has 0 radical (unpaired) electrons. The lowest BCUT2D eigenvalue weighted by Crippen LogP contribution is -2.23. The second-order valence-corrected chi connectivity index (χ2v) is 3.63. The van der Waals surface area contributed by atoms with Crippen molar-refractivity contribution in [3.05, 3.63) is 48.0 Å².